The van der Waals surface area contributed by atoms with E-state index in [1.54, 1.807) is 0 Å². The number of nitrogens with one attached hydrogen (secondary N) is 1. The Labute approximate surface area is 80.7 Å². The number of thiophene rings is 1. The molecule has 0 aromatic carbocycles. The van der Waals surface area contributed by atoms with Crippen molar-refractivity contribution in [2.75, 3.05) is 12.0 Å². The van der Waals surface area contributed by atoms with Crippen LogP contribution in [0.15, 0.2) is 4.99 Å². The van der Waals surface area contributed by atoms with Crippen molar-refractivity contribution in [3.8, 4) is 0 Å². The Bertz CT molecular complexity index is 392. The molecule has 3 rings (SSSR count). The van der Waals surface area contributed by atoms with Crippen LogP contribution in [0.2, 0.25) is 0 Å². The van der Waals surface area contributed by atoms with Crippen LogP contribution in [-0.4, -0.2) is 12.5 Å². The van der Waals surface area contributed by atoms with Gasteiger partial charge >= 0.3 is 0 Å². The first-order valence-electron chi connectivity index (χ1n) is 4.55. The van der Waals surface area contributed by atoms with Crippen LogP contribution in [0.4, 0.5) is 5.00 Å². The van der Waals surface area contributed by atoms with Gasteiger partial charge in [-0.3, -0.25) is 0 Å². The van der Waals surface area contributed by atoms with Crippen molar-refractivity contribution in [3.63, 3.8) is 0 Å². The Morgan fingerprint density at radius 3 is 3.23 bits per heavy atom. The third-order valence-electron chi connectivity index (χ3n) is 2.67. The average Bonchev–Trinajstić information content (AvgIpc) is 2.62. The number of aryl methyl sites for hydroxylation is 1. The van der Waals surface area contributed by atoms with Gasteiger partial charge in [0.15, 0.2) is 0 Å². The van der Waals surface area contributed by atoms with Gasteiger partial charge in [0, 0.05) is 4.88 Å². The van der Waals surface area contributed by atoms with Gasteiger partial charge in [0.25, 0.3) is 0 Å². The van der Waals surface area contributed by atoms with E-state index in [1.807, 2.05) is 11.3 Å². The molecule has 0 amide bonds. The molecule has 3 nitrogen and oxygen atoms in total. The summed E-state index contributed by atoms with van der Waals surface area (Å²) < 4.78 is 0. The SMILES string of the molecule is NC1=NCNc2sc3c(c21)CCC3. The Morgan fingerprint density at radius 2 is 2.31 bits per heavy atom. The maximum absolute atomic E-state index is 5.88. The molecule has 1 aliphatic carbocycles. The topological polar surface area (TPSA) is 50.4 Å². The highest BCUT2D eigenvalue weighted by molar-refractivity contribution is 7.16. The zero-order chi connectivity index (χ0) is 8.84. The van der Waals surface area contributed by atoms with Crippen LogP contribution in [0.25, 0.3) is 0 Å². The normalized spacial score (nSPS) is 18.9. The molecule has 1 aliphatic heterocycles. The molecule has 13 heavy (non-hydrogen) atoms. The fourth-order valence-electron chi connectivity index (χ4n) is 2.08. The lowest BCUT2D eigenvalue weighted by Crippen LogP contribution is -2.22. The maximum Gasteiger partial charge on any atom is 0.130 e. The van der Waals surface area contributed by atoms with Crippen molar-refractivity contribution in [1.29, 1.82) is 0 Å². The van der Waals surface area contributed by atoms with Crippen molar-refractivity contribution in [3.05, 3.63) is 16.0 Å². The predicted octanol–water partition coefficient (Wildman–Crippen LogP) is 1.33. The third kappa shape index (κ3) is 0.920. The van der Waals surface area contributed by atoms with Gasteiger partial charge in [-0.05, 0) is 24.8 Å². The second-order valence-corrected chi connectivity index (χ2v) is 4.54. The Kier molecular flexibility index (Phi) is 1.41. The lowest BCUT2D eigenvalue weighted by Gasteiger charge is -2.12. The molecule has 1 aromatic rings. The highest BCUT2D eigenvalue weighted by Crippen LogP contribution is 2.39. The number of nitrogens with two attached hydrogens (primary N) is 1. The summed E-state index contributed by atoms with van der Waals surface area (Å²) in [4.78, 5) is 5.72. The zero-order valence-electron chi connectivity index (χ0n) is 7.26. The summed E-state index contributed by atoms with van der Waals surface area (Å²) in [7, 11) is 0. The molecular formula is C9H11N3S. The number of rotatable bonds is 0. The van der Waals surface area contributed by atoms with E-state index >= 15 is 0 Å². The predicted molar refractivity (Wildman–Crippen MR) is 55.6 cm³/mol. The van der Waals surface area contributed by atoms with Crippen LogP contribution >= 0.6 is 11.3 Å². The van der Waals surface area contributed by atoms with Gasteiger partial charge in [0.05, 0.1) is 5.56 Å². The Hall–Kier alpha value is -1.03. The van der Waals surface area contributed by atoms with Gasteiger partial charge in [-0.15, -0.1) is 11.3 Å². The van der Waals surface area contributed by atoms with Crippen LogP contribution in [0, 0.1) is 0 Å². The number of aliphatic imine (C=N–C) groups is 1. The molecule has 0 atom stereocenters. The third-order valence-corrected chi connectivity index (χ3v) is 3.92. The van der Waals surface area contributed by atoms with E-state index in [0.717, 1.165) is 5.84 Å². The Balaban J connectivity index is 2.23. The molecule has 68 valence electrons. The number of nitrogens with zero attached hydrogens (tertiary/aromatic N) is 1. The number of anilines is 1. The zero-order valence-corrected chi connectivity index (χ0v) is 8.08. The van der Waals surface area contributed by atoms with E-state index in [-0.39, 0.29) is 0 Å². The fourth-order valence-corrected chi connectivity index (χ4v) is 3.36. The monoisotopic (exact) mass is 193 g/mol. The van der Waals surface area contributed by atoms with E-state index < -0.39 is 0 Å². The molecule has 3 N–H and O–H groups in total. The first-order chi connectivity index (χ1) is 6.36. The lowest BCUT2D eigenvalue weighted by molar-refractivity contribution is 0.913. The molecule has 4 heteroatoms. The fraction of sp³-hybridized carbons (Fsp3) is 0.444. The van der Waals surface area contributed by atoms with Gasteiger partial charge in [-0.1, -0.05) is 0 Å². The van der Waals surface area contributed by atoms with E-state index in [0.29, 0.717) is 6.67 Å². The summed E-state index contributed by atoms with van der Waals surface area (Å²) in [6.07, 6.45) is 3.68. The number of hydrogen-bond acceptors (Lipinski definition) is 4. The quantitative estimate of drug-likeness (QED) is 0.653. The largest absolute Gasteiger partial charge is 0.383 e. The molecular weight excluding hydrogens is 182 g/mol. The van der Waals surface area contributed by atoms with Crippen LogP contribution in [-0.2, 0) is 12.8 Å². The summed E-state index contributed by atoms with van der Waals surface area (Å²) in [6, 6.07) is 0. The van der Waals surface area contributed by atoms with Crippen molar-refractivity contribution in [1.82, 2.24) is 0 Å². The van der Waals surface area contributed by atoms with Gasteiger partial charge in [-0.25, -0.2) is 4.99 Å². The van der Waals surface area contributed by atoms with E-state index in [2.05, 4.69) is 10.3 Å². The van der Waals surface area contributed by atoms with Gasteiger partial charge < -0.3 is 11.1 Å². The van der Waals surface area contributed by atoms with Crippen LogP contribution in [0.3, 0.4) is 0 Å². The summed E-state index contributed by atoms with van der Waals surface area (Å²) >= 11 is 1.86. The van der Waals surface area contributed by atoms with Crippen LogP contribution in [0.5, 0.6) is 0 Å². The van der Waals surface area contributed by atoms with Gasteiger partial charge in [0.2, 0.25) is 0 Å². The van der Waals surface area contributed by atoms with E-state index in [1.165, 1.54) is 40.3 Å². The number of hydrogen-bond donors (Lipinski definition) is 2. The van der Waals surface area contributed by atoms with Crippen LogP contribution < -0.4 is 11.1 Å². The first-order valence-corrected chi connectivity index (χ1v) is 5.36. The van der Waals surface area contributed by atoms with Crippen molar-refractivity contribution in [2.45, 2.75) is 19.3 Å². The molecule has 0 bridgehead atoms. The summed E-state index contributed by atoms with van der Waals surface area (Å²) in [5, 5.41) is 4.51. The van der Waals surface area contributed by atoms with Crippen molar-refractivity contribution >= 4 is 22.2 Å². The minimum atomic E-state index is 0.637. The molecule has 0 spiro atoms. The summed E-state index contributed by atoms with van der Waals surface area (Å²) in [5.74, 6) is 0.730. The smallest absolute Gasteiger partial charge is 0.130 e. The summed E-state index contributed by atoms with van der Waals surface area (Å²) in [6.45, 7) is 0.637. The molecule has 0 unspecified atom stereocenters. The highest BCUT2D eigenvalue weighted by atomic mass is 32.1. The van der Waals surface area contributed by atoms with Crippen molar-refractivity contribution in [2.24, 2.45) is 10.7 Å². The Morgan fingerprint density at radius 1 is 1.38 bits per heavy atom. The number of fused-ring (bicyclic) bond motifs is 3. The minimum Gasteiger partial charge on any atom is -0.383 e. The molecule has 0 saturated carbocycles. The summed E-state index contributed by atoms with van der Waals surface area (Å²) in [5.41, 5.74) is 8.53. The van der Waals surface area contributed by atoms with Gasteiger partial charge in [-0.2, -0.15) is 0 Å². The second kappa shape index (κ2) is 2.48. The molecule has 0 radical (unpaired) electrons. The van der Waals surface area contributed by atoms with Gasteiger partial charge in [0.1, 0.15) is 17.5 Å². The second-order valence-electron chi connectivity index (χ2n) is 3.44. The lowest BCUT2D eigenvalue weighted by atomic mass is 10.1. The minimum absolute atomic E-state index is 0.637. The molecule has 0 saturated heterocycles. The molecule has 0 fully saturated rings. The van der Waals surface area contributed by atoms with E-state index in [4.69, 9.17) is 5.73 Å². The van der Waals surface area contributed by atoms with Crippen LogP contribution in [0.1, 0.15) is 22.4 Å². The molecule has 2 heterocycles. The standard InChI is InChI=1S/C9H11N3S/c10-8-7-5-2-1-3-6(5)13-9(7)12-4-11-8/h12H,1-4H2,(H2,10,11). The highest BCUT2D eigenvalue weighted by Gasteiger charge is 2.25. The maximum atomic E-state index is 5.88. The first kappa shape index (κ1) is 7.38. The van der Waals surface area contributed by atoms with Crippen molar-refractivity contribution < 1.29 is 0 Å². The molecule has 2 aliphatic rings. The average molecular weight is 193 g/mol. The number of amidine groups is 1. The van der Waals surface area contributed by atoms with E-state index in [9.17, 15) is 0 Å². The molecule has 1 aromatic heterocycles.